The van der Waals surface area contributed by atoms with Crippen molar-refractivity contribution in [2.75, 3.05) is 13.3 Å². The topological polar surface area (TPSA) is 59.6 Å². The first-order chi connectivity index (χ1) is 11.2. The molecule has 0 unspecified atom stereocenters. The summed E-state index contributed by atoms with van der Waals surface area (Å²) < 4.78 is 11.8. The second-order valence-corrected chi connectivity index (χ2v) is 5.50. The maximum atomic E-state index is 11.7. The molecule has 0 aromatic heterocycles. The number of halogens is 1. The van der Waals surface area contributed by atoms with Crippen LogP contribution in [-0.2, 0) is 6.54 Å². The summed E-state index contributed by atoms with van der Waals surface area (Å²) in [6.07, 6.45) is 0. The number of nitrogens with one attached hydrogen (secondary N) is 2. The van der Waals surface area contributed by atoms with E-state index in [0.29, 0.717) is 18.9 Å². The minimum Gasteiger partial charge on any atom is -0.494 e. The first-order valence-electron chi connectivity index (χ1n) is 7.30. The van der Waals surface area contributed by atoms with Crippen molar-refractivity contribution in [3.05, 3.63) is 58.6 Å². The summed E-state index contributed by atoms with van der Waals surface area (Å²) in [5.41, 5.74) is 1.01. The number of hydrogen-bond donors (Lipinski definition) is 2. The molecule has 0 spiro atoms. The third kappa shape index (κ3) is 5.83. The zero-order valence-corrected chi connectivity index (χ0v) is 14.4. The minimum atomic E-state index is -0.285. The first-order valence-corrected chi connectivity index (χ1v) is 8.09. The molecule has 2 N–H and O–H groups in total. The summed E-state index contributed by atoms with van der Waals surface area (Å²) in [4.78, 5) is 11.7. The number of amides is 2. The molecule has 2 aromatic carbocycles. The van der Waals surface area contributed by atoms with Gasteiger partial charge < -0.3 is 20.1 Å². The summed E-state index contributed by atoms with van der Waals surface area (Å²) >= 11 is 3.44. The molecule has 0 saturated heterocycles. The minimum absolute atomic E-state index is 0.0930. The van der Waals surface area contributed by atoms with Crippen LogP contribution in [0.25, 0.3) is 0 Å². The molecule has 2 rings (SSSR count). The molecule has 0 fully saturated rings. The fourth-order valence-corrected chi connectivity index (χ4v) is 2.29. The summed E-state index contributed by atoms with van der Waals surface area (Å²) in [6.45, 7) is 3.09. The van der Waals surface area contributed by atoms with E-state index in [-0.39, 0.29) is 12.8 Å². The van der Waals surface area contributed by atoms with Crippen LogP contribution in [0.5, 0.6) is 11.5 Å². The number of hydrogen-bond acceptors (Lipinski definition) is 3. The lowest BCUT2D eigenvalue weighted by atomic mass is 10.2. The van der Waals surface area contributed by atoms with E-state index >= 15 is 0 Å². The Balaban J connectivity index is 1.69. The molecule has 2 amide bonds. The molecule has 6 heteroatoms. The van der Waals surface area contributed by atoms with Crippen molar-refractivity contribution in [1.29, 1.82) is 0 Å². The highest BCUT2D eigenvalue weighted by Gasteiger charge is 2.03. The Morgan fingerprint density at radius 2 is 1.65 bits per heavy atom. The largest absolute Gasteiger partial charge is 0.494 e. The van der Waals surface area contributed by atoms with E-state index in [0.717, 1.165) is 15.8 Å². The highest BCUT2D eigenvalue weighted by molar-refractivity contribution is 9.10. The second-order valence-electron chi connectivity index (χ2n) is 4.64. The number of urea groups is 1. The molecule has 0 heterocycles. The Bertz CT molecular complexity index is 632. The number of ether oxygens (including phenoxy) is 2. The van der Waals surface area contributed by atoms with Crippen molar-refractivity contribution in [2.45, 2.75) is 13.5 Å². The van der Waals surface area contributed by atoms with Gasteiger partial charge in [-0.25, -0.2) is 4.79 Å². The number of benzene rings is 2. The third-order valence-corrected chi connectivity index (χ3v) is 3.78. The van der Waals surface area contributed by atoms with Gasteiger partial charge in [0.2, 0.25) is 0 Å². The van der Waals surface area contributed by atoms with Crippen LogP contribution in [-0.4, -0.2) is 19.4 Å². The van der Waals surface area contributed by atoms with Gasteiger partial charge in [0.15, 0.2) is 6.73 Å². The lowest BCUT2D eigenvalue weighted by Crippen LogP contribution is -2.37. The Morgan fingerprint density at radius 1 is 1.00 bits per heavy atom. The van der Waals surface area contributed by atoms with Crippen molar-refractivity contribution in [1.82, 2.24) is 10.6 Å². The van der Waals surface area contributed by atoms with Gasteiger partial charge in [-0.3, -0.25) is 0 Å². The van der Waals surface area contributed by atoms with E-state index < -0.39 is 0 Å². The SMILES string of the molecule is CCOc1ccc(OCNC(=O)NCc2ccccc2Br)cc1. The standard InChI is InChI=1S/C17H19BrN2O3/c1-2-22-14-7-9-15(10-8-14)23-12-20-17(21)19-11-13-5-3-4-6-16(13)18/h3-10H,2,11-12H2,1H3,(H2,19,20,21). The summed E-state index contributed by atoms with van der Waals surface area (Å²) in [5.74, 6) is 1.46. The number of carbonyl (C=O) groups excluding carboxylic acids is 1. The van der Waals surface area contributed by atoms with Crippen LogP contribution in [0, 0.1) is 0 Å². The van der Waals surface area contributed by atoms with Crippen LogP contribution < -0.4 is 20.1 Å². The highest BCUT2D eigenvalue weighted by atomic mass is 79.9. The average molecular weight is 379 g/mol. The van der Waals surface area contributed by atoms with E-state index in [9.17, 15) is 4.79 Å². The van der Waals surface area contributed by atoms with E-state index in [2.05, 4.69) is 26.6 Å². The lowest BCUT2D eigenvalue weighted by molar-refractivity contribution is 0.223. The third-order valence-electron chi connectivity index (χ3n) is 3.00. The van der Waals surface area contributed by atoms with E-state index in [1.54, 1.807) is 12.1 Å². The van der Waals surface area contributed by atoms with Gasteiger partial charge in [0.25, 0.3) is 0 Å². The van der Waals surface area contributed by atoms with Crippen LogP contribution in [0.3, 0.4) is 0 Å². The van der Waals surface area contributed by atoms with Crippen molar-refractivity contribution in [3.63, 3.8) is 0 Å². The predicted molar refractivity (Wildman–Crippen MR) is 92.6 cm³/mol. The molecule has 0 radical (unpaired) electrons. The first kappa shape index (κ1) is 17.1. The van der Waals surface area contributed by atoms with Crippen LogP contribution in [0.2, 0.25) is 0 Å². The molecule has 5 nitrogen and oxygen atoms in total. The lowest BCUT2D eigenvalue weighted by Gasteiger charge is -2.10. The maximum Gasteiger partial charge on any atom is 0.317 e. The van der Waals surface area contributed by atoms with Gasteiger partial charge in [0, 0.05) is 11.0 Å². The molecule has 0 saturated carbocycles. The van der Waals surface area contributed by atoms with Crippen LogP contribution >= 0.6 is 15.9 Å². The molecule has 0 aliphatic heterocycles. The molecule has 122 valence electrons. The number of carbonyl (C=O) groups is 1. The fourth-order valence-electron chi connectivity index (χ4n) is 1.86. The van der Waals surface area contributed by atoms with Gasteiger partial charge in [-0.2, -0.15) is 0 Å². The summed E-state index contributed by atoms with van der Waals surface area (Å²) in [7, 11) is 0. The monoisotopic (exact) mass is 378 g/mol. The summed E-state index contributed by atoms with van der Waals surface area (Å²) in [5, 5.41) is 5.41. The van der Waals surface area contributed by atoms with Crippen LogP contribution in [0.1, 0.15) is 12.5 Å². The van der Waals surface area contributed by atoms with Gasteiger partial charge >= 0.3 is 6.03 Å². The number of rotatable bonds is 7. The molecular formula is C17H19BrN2O3. The van der Waals surface area contributed by atoms with Crippen LogP contribution in [0.4, 0.5) is 4.79 Å². The Labute approximate surface area is 144 Å². The average Bonchev–Trinajstić information content (AvgIpc) is 2.56. The van der Waals surface area contributed by atoms with Crippen molar-refractivity contribution in [2.24, 2.45) is 0 Å². The molecule has 23 heavy (non-hydrogen) atoms. The Hall–Kier alpha value is -2.21. The maximum absolute atomic E-state index is 11.7. The normalized spacial score (nSPS) is 10.0. The predicted octanol–water partition coefficient (Wildman–Crippen LogP) is 3.68. The second kappa shape index (κ2) is 9.05. The molecule has 0 bridgehead atoms. The van der Waals surface area contributed by atoms with Crippen molar-refractivity contribution in [3.8, 4) is 11.5 Å². The van der Waals surface area contributed by atoms with Crippen molar-refractivity contribution < 1.29 is 14.3 Å². The molecule has 0 aliphatic carbocycles. The Morgan fingerprint density at radius 3 is 2.30 bits per heavy atom. The smallest absolute Gasteiger partial charge is 0.317 e. The molecule has 2 aromatic rings. The zero-order chi connectivity index (χ0) is 16.5. The van der Waals surface area contributed by atoms with Gasteiger partial charge in [0.05, 0.1) is 6.61 Å². The molecular weight excluding hydrogens is 360 g/mol. The van der Waals surface area contributed by atoms with Crippen molar-refractivity contribution >= 4 is 22.0 Å². The molecule has 0 aliphatic rings. The zero-order valence-electron chi connectivity index (χ0n) is 12.8. The van der Waals surface area contributed by atoms with E-state index in [1.807, 2.05) is 43.3 Å². The van der Waals surface area contributed by atoms with Crippen LogP contribution in [0.15, 0.2) is 53.0 Å². The van der Waals surface area contributed by atoms with Gasteiger partial charge in [0.1, 0.15) is 11.5 Å². The quantitative estimate of drug-likeness (QED) is 0.722. The van der Waals surface area contributed by atoms with E-state index in [1.165, 1.54) is 0 Å². The van der Waals surface area contributed by atoms with E-state index in [4.69, 9.17) is 9.47 Å². The van der Waals surface area contributed by atoms with Gasteiger partial charge in [-0.05, 0) is 42.8 Å². The fraction of sp³-hybridized carbons (Fsp3) is 0.235. The highest BCUT2D eigenvalue weighted by Crippen LogP contribution is 2.17. The molecule has 0 atom stereocenters. The Kier molecular flexibility index (Phi) is 6.75. The van der Waals surface area contributed by atoms with Gasteiger partial charge in [-0.15, -0.1) is 0 Å². The summed E-state index contributed by atoms with van der Waals surface area (Å²) in [6, 6.07) is 14.7. The van der Waals surface area contributed by atoms with Gasteiger partial charge in [-0.1, -0.05) is 34.1 Å².